The minimum Gasteiger partial charge on any atom is -0.301 e. The van der Waals surface area contributed by atoms with Gasteiger partial charge in [-0.05, 0) is 26.8 Å². The third kappa shape index (κ3) is 2.52. The van der Waals surface area contributed by atoms with E-state index in [1.54, 1.807) is 0 Å². The lowest BCUT2D eigenvalue weighted by Crippen LogP contribution is -2.39. The molecule has 0 amide bonds. The van der Waals surface area contributed by atoms with Gasteiger partial charge in [0.15, 0.2) is 0 Å². The topological polar surface area (TPSA) is 61.8 Å². The second-order valence-corrected chi connectivity index (χ2v) is 4.40. The summed E-state index contributed by atoms with van der Waals surface area (Å²) in [7, 11) is 0. The summed E-state index contributed by atoms with van der Waals surface area (Å²) in [6, 6.07) is 3.32. The van der Waals surface area contributed by atoms with Crippen molar-refractivity contribution in [1.82, 2.24) is 18.9 Å². The molecule has 0 aliphatic rings. The average Bonchev–Trinajstić information content (AvgIpc) is 2.75. The summed E-state index contributed by atoms with van der Waals surface area (Å²) in [6.07, 6.45) is 1.53. The Morgan fingerprint density at radius 3 is 2.58 bits per heavy atom. The maximum Gasteiger partial charge on any atom is 0.331 e. The molecule has 0 radical (unpaired) electrons. The third-order valence-electron chi connectivity index (χ3n) is 3.09. The van der Waals surface area contributed by atoms with Gasteiger partial charge in [0.2, 0.25) is 0 Å². The van der Waals surface area contributed by atoms with Gasteiger partial charge in [0.05, 0.1) is 17.9 Å². The lowest BCUT2D eigenvalue weighted by molar-refractivity contribution is 0.554. The largest absolute Gasteiger partial charge is 0.331 e. The third-order valence-corrected chi connectivity index (χ3v) is 3.09. The summed E-state index contributed by atoms with van der Waals surface area (Å²) < 4.78 is 4.57. The molecular weight excluding hydrogens is 244 g/mol. The minimum absolute atomic E-state index is 0.257. The van der Waals surface area contributed by atoms with Crippen molar-refractivity contribution in [1.29, 1.82) is 0 Å². The summed E-state index contributed by atoms with van der Waals surface area (Å²) in [5.74, 6) is 0. The highest BCUT2D eigenvalue weighted by atomic mass is 16.2. The highest BCUT2D eigenvalue weighted by Gasteiger charge is 2.09. The highest BCUT2D eigenvalue weighted by Crippen LogP contribution is 2.04. The van der Waals surface area contributed by atoms with E-state index in [2.05, 4.69) is 5.10 Å². The SMILES string of the molecule is CCn1nc(C)cc1Cn1c(=O)ccn(CC)c1=O. The Morgan fingerprint density at radius 2 is 1.95 bits per heavy atom. The van der Waals surface area contributed by atoms with Crippen LogP contribution < -0.4 is 11.2 Å². The molecule has 0 bridgehead atoms. The zero-order valence-electron chi connectivity index (χ0n) is 11.5. The zero-order valence-corrected chi connectivity index (χ0v) is 11.5. The fraction of sp³-hybridized carbons (Fsp3) is 0.462. The number of aromatic nitrogens is 4. The van der Waals surface area contributed by atoms with Crippen molar-refractivity contribution in [3.05, 3.63) is 50.6 Å². The van der Waals surface area contributed by atoms with E-state index in [-0.39, 0.29) is 17.8 Å². The van der Waals surface area contributed by atoms with E-state index in [1.165, 1.54) is 21.4 Å². The van der Waals surface area contributed by atoms with Crippen LogP contribution in [0.1, 0.15) is 25.2 Å². The number of hydrogen-bond acceptors (Lipinski definition) is 3. The van der Waals surface area contributed by atoms with E-state index < -0.39 is 0 Å². The molecule has 6 heteroatoms. The van der Waals surface area contributed by atoms with Crippen LogP contribution in [0.25, 0.3) is 0 Å². The maximum absolute atomic E-state index is 12.1. The van der Waals surface area contributed by atoms with Gasteiger partial charge in [-0.3, -0.25) is 14.0 Å². The summed E-state index contributed by atoms with van der Waals surface area (Å²) in [4.78, 5) is 24.0. The Balaban J connectivity index is 2.49. The molecule has 0 saturated heterocycles. The van der Waals surface area contributed by atoms with Gasteiger partial charge in [0.1, 0.15) is 0 Å². The Morgan fingerprint density at radius 1 is 1.21 bits per heavy atom. The van der Waals surface area contributed by atoms with Crippen LogP contribution in [0.5, 0.6) is 0 Å². The molecule has 102 valence electrons. The van der Waals surface area contributed by atoms with Crippen LogP contribution >= 0.6 is 0 Å². The second-order valence-electron chi connectivity index (χ2n) is 4.40. The van der Waals surface area contributed by atoms with Crippen LogP contribution in [0, 0.1) is 6.92 Å². The first-order valence-corrected chi connectivity index (χ1v) is 6.40. The van der Waals surface area contributed by atoms with Crippen molar-refractivity contribution in [2.75, 3.05) is 0 Å². The molecule has 0 aromatic carbocycles. The van der Waals surface area contributed by atoms with Crippen molar-refractivity contribution in [2.45, 2.75) is 40.4 Å². The van der Waals surface area contributed by atoms with E-state index in [9.17, 15) is 9.59 Å². The molecule has 19 heavy (non-hydrogen) atoms. The predicted molar refractivity (Wildman–Crippen MR) is 72.4 cm³/mol. The zero-order chi connectivity index (χ0) is 14.0. The summed E-state index contributed by atoms with van der Waals surface area (Å²) in [6.45, 7) is 7.27. The fourth-order valence-corrected chi connectivity index (χ4v) is 2.11. The van der Waals surface area contributed by atoms with Crippen LogP contribution in [-0.4, -0.2) is 18.9 Å². The van der Waals surface area contributed by atoms with Gasteiger partial charge < -0.3 is 4.57 Å². The smallest absolute Gasteiger partial charge is 0.301 e. The van der Waals surface area contributed by atoms with Crippen molar-refractivity contribution in [3.63, 3.8) is 0 Å². The first-order chi connectivity index (χ1) is 9.06. The summed E-state index contributed by atoms with van der Waals surface area (Å²) in [5.41, 5.74) is 1.19. The number of rotatable bonds is 4. The van der Waals surface area contributed by atoms with Gasteiger partial charge in [-0.25, -0.2) is 4.79 Å². The molecule has 2 aromatic heterocycles. The van der Waals surface area contributed by atoms with Crippen LogP contribution in [0.2, 0.25) is 0 Å². The second kappa shape index (κ2) is 5.26. The molecule has 0 spiro atoms. The lowest BCUT2D eigenvalue weighted by Gasteiger charge is -2.09. The predicted octanol–water partition coefficient (Wildman–Crippen LogP) is 0.603. The van der Waals surface area contributed by atoms with Crippen molar-refractivity contribution < 1.29 is 0 Å². The van der Waals surface area contributed by atoms with E-state index in [1.807, 2.05) is 31.5 Å². The van der Waals surface area contributed by atoms with Gasteiger partial charge in [-0.15, -0.1) is 0 Å². The molecule has 0 fully saturated rings. The molecule has 0 aliphatic heterocycles. The Hall–Kier alpha value is -2.11. The molecule has 2 heterocycles. The van der Waals surface area contributed by atoms with Gasteiger partial charge in [-0.1, -0.05) is 0 Å². The Bertz CT molecular complexity index is 693. The average molecular weight is 262 g/mol. The quantitative estimate of drug-likeness (QED) is 0.810. The van der Waals surface area contributed by atoms with E-state index >= 15 is 0 Å². The van der Waals surface area contributed by atoms with Gasteiger partial charge >= 0.3 is 5.69 Å². The van der Waals surface area contributed by atoms with Crippen LogP contribution in [0.3, 0.4) is 0 Å². The fourth-order valence-electron chi connectivity index (χ4n) is 2.11. The number of aryl methyl sites for hydroxylation is 3. The van der Waals surface area contributed by atoms with Gasteiger partial charge in [0.25, 0.3) is 5.56 Å². The number of hydrogen-bond donors (Lipinski definition) is 0. The van der Waals surface area contributed by atoms with Crippen LogP contribution in [0.4, 0.5) is 0 Å². The van der Waals surface area contributed by atoms with Crippen LogP contribution in [-0.2, 0) is 19.6 Å². The number of nitrogens with zero attached hydrogens (tertiary/aromatic N) is 4. The van der Waals surface area contributed by atoms with Crippen LogP contribution in [0.15, 0.2) is 27.9 Å². The summed E-state index contributed by atoms with van der Waals surface area (Å²) >= 11 is 0. The van der Waals surface area contributed by atoms with E-state index in [0.717, 1.165) is 11.4 Å². The normalized spacial score (nSPS) is 10.9. The summed E-state index contributed by atoms with van der Waals surface area (Å²) in [5, 5.41) is 4.32. The molecule has 6 nitrogen and oxygen atoms in total. The van der Waals surface area contributed by atoms with E-state index in [4.69, 9.17) is 0 Å². The molecular formula is C13H18N4O2. The van der Waals surface area contributed by atoms with E-state index in [0.29, 0.717) is 13.1 Å². The van der Waals surface area contributed by atoms with Gasteiger partial charge in [-0.2, -0.15) is 5.10 Å². The Kier molecular flexibility index (Phi) is 3.69. The van der Waals surface area contributed by atoms with Crippen molar-refractivity contribution in [2.24, 2.45) is 0 Å². The standard InChI is InChI=1S/C13H18N4O2/c1-4-15-7-6-12(18)16(13(15)19)9-11-8-10(3)14-17(11)5-2/h6-8H,4-5,9H2,1-3H3. The first-order valence-electron chi connectivity index (χ1n) is 6.40. The molecule has 2 aromatic rings. The Labute approximate surface area is 110 Å². The molecule has 0 N–H and O–H groups in total. The monoisotopic (exact) mass is 262 g/mol. The lowest BCUT2D eigenvalue weighted by atomic mass is 10.3. The van der Waals surface area contributed by atoms with Crippen molar-refractivity contribution in [3.8, 4) is 0 Å². The molecule has 0 saturated carbocycles. The first kappa shape index (κ1) is 13.3. The van der Waals surface area contributed by atoms with Gasteiger partial charge in [0, 0.05) is 25.4 Å². The molecule has 0 atom stereocenters. The maximum atomic E-state index is 12.1. The highest BCUT2D eigenvalue weighted by molar-refractivity contribution is 5.09. The molecule has 0 aliphatic carbocycles. The molecule has 0 unspecified atom stereocenters. The minimum atomic E-state index is -0.281. The van der Waals surface area contributed by atoms with Crippen molar-refractivity contribution >= 4 is 0 Å². The molecule has 2 rings (SSSR count).